The number of rotatable bonds is 5. The molecule has 4 amide bonds. The molecule has 1 saturated carbocycles. The number of imide groups is 1. The third kappa shape index (κ3) is 4.14. The Labute approximate surface area is 180 Å². The smallest absolute Gasteiger partial charge is 0.325 e. The monoisotopic (exact) mass is 447 g/mol. The Balaban J connectivity index is 1.39. The molecule has 31 heavy (non-hydrogen) atoms. The predicted molar refractivity (Wildman–Crippen MR) is 113 cm³/mol. The number of carbonyl (C=O) groups is 3. The molecule has 10 nitrogen and oxygen atoms in total. The van der Waals surface area contributed by atoms with Gasteiger partial charge in [0.25, 0.3) is 15.9 Å². The molecule has 3 aliphatic rings. The number of hydrogen-bond acceptors (Lipinski definition) is 5. The number of nitrogens with one attached hydrogen (secondary N) is 2. The molecule has 0 aromatic heterocycles. The second-order valence-electron chi connectivity index (χ2n) is 8.19. The van der Waals surface area contributed by atoms with E-state index in [1.807, 2.05) is 4.90 Å². The summed E-state index contributed by atoms with van der Waals surface area (Å²) < 4.78 is 28.9. The molecule has 2 aliphatic heterocycles. The first-order valence-electron chi connectivity index (χ1n) is 10.3. The fourth-order valence-electron chi connectivity index (χ4n) is 4.29. The van der Waals surface area contributed by atoms with E-state index in [1.165, 1.54) is 24.3 Å². The summed E-state index contributed by atoms with van der Waals surface area (Å²) in [6, 6.07) is 5.08. The number of likely N-dealkylation sites (tertiary alicyclic amines) is 1. The minimum absolute atomic E-state index is 0.0237. The Morgan fingerprint density at radius 3 is 2.45 bits per heavy atom. The Morgan fingerprint density at radius 2 is 1.84 bits per heavy atom. The van der Waals surface area contributed by atoms with Crippen molar-refractivity contribution in [1.82, 2.24) is 15.1 Å². The number of sulfonamides is 1. The zero-order chi connectivity index (χ0) is 22.2. The van der Waals surface area contributed by atoms with E-state index in [1.54, 1.807) is 7.05 Å². The lowest BCUT2D eigenvalue weighted by Gasteiger charge is -2.19. The van der Waals surface area contributed by atoms with Crippen molar-refractivity contribution < 1.29 is 22.8 Å². The number of amides is 4. The Hall–Kier alpha value is -2.95. The van der Waals surface area contributed by atoms with Crippen molar-refractivity contribution >= 4 is 39.4 Å². The lowest BCUT2D eigenvalue weighted by Crippen LogP contribution is -2.44. The highest BCUT2D eigenvalue weighted by atomic mass is 32.2. The molecule has 2 heterocycles. The van der Waals surface area contributed by atoms with Crippen molar-refractivity contribution in [2.24, 2.45) is 4.40 Å². The SMILES string of the molecule is CN1CCC/C1=N\S(=O)(=O)c1ccc(NC(=O)CN2C(=O)NC3(CCCC3)C2=O)cc1. The summed E-state index contributed by atoms with van der Waals surface area (Å²) in [5.74, 6) is -0.365. The topological polar surface area (TPSA) is 128 Å². The van der Waals surface area contributed by atoms with E-state index in [0.29, 0.717) is 30.8 Å². The fourth-order valence-corrected chi connectivity index (χ4v) is 5.39. The molecule has 1 aliphatic carbocycles. The standard InChI is InChI=1S/C20H25N5O5S/c1-24-12-4-5-16(24)23-31(29,30)15-8-6-14(7-9-15)21-17(26)13-25-18(27)20(22-19(25)28)10-2-3-11-20/h6-9H,2-5,10-13H2,1H3,(H,21,26)(H,22,28)/b23-16+. The van der Waals surface area contributed by atoms with Crippen molar-refractivity contribution in [3.05, 3.63) is 24.3 Å². The number of hydrogen-bond donors (Lipinski definition) is 2. The average molecular weight is 448 g/mol. The maximum Gasteiger partial charge on any atom is 0.325 e. The highest BCUT2D eigenvalue weighted by Gasteiger charge is 2.52. The highest BCUT2D eigenvalue weighted by molar-refractivity contribution is 7.90. The largest absolute Gasteiger partial charge is 0.362 e. The van der Waals surface area contributed by atoms with Crippen LogP contribution in [0.5, 0.6) is 0 Å². The van der Waals surface area contributed by atoms with Crippen LogP contribution in [0.3, 0.4) is 0 Å². The summed E-state index contributed by atoms with van der Waals surface area (Å²) in [5.41, 5.74) is -0.500. The van der Waals surface area contributed by atoms with Crippen molar-refractivity contribution in [2.45, 2.75) is 49.0 Å². The third-order valence-electron chi connectivity index (χ3n) is 6.00. The molecular weight excluding hydrogens is 422 g/mol. The van der Waals surface area contributed by atoms with E-state index in [4.69, 9.17) is 0 Å². The van der Waals surface area contributed by atoms with Gasteiger partial charge in [0.05, 0.1) is 4.90 Å². The van der Waals surface area contributed by atoms with Crippen molar-refractivity contribution in [1.29, 1.82) is 0 Å². The first-order chi connectivity index (χ1) is 14.7. The molecule has 4 rings (SSSR count). The van der Waals surface area contributed by atoms with Gasteiger partial charge < -0.3 is 15.5 Å². The summed E-state index contributed by atoms with van der Waals surface area (Å²) in [6.07, 6.45) is 4.39. The Bertz CT molecular complexity index is 1040. The van der Waals surface area contributed by atoms with Crippen LogP contribution in [0.15, 0.2) is 33.6 Å². The van der Waals surface area contributed by atoms with Gasteiger partial charge in [-0.15, -0.1) is 4.40 Å². The number of carbonyl (C=O) groups excluding carboxylic acids is 3. The van der Waals surface area contributed by atoms with Crippen LogP contribution >= 0.6 is 0 Å². The van der Waals surface area contributed by atoms with Crippen LogP contribution in [0.1, 0.15) is 38.5 Å². The van der Waals surface area contributed by atoms with Crippen molar-refractivity contribution in [3.8, 4) is 0 Å². The molecule has 1 aromatic carbocycles. The van der Waals surface area contributed by atoms with Crippen LogP contribution in [0.2, 0.25) is 0 Å². The zero-order valence-electron chi connectivity index (χ0n) is 17.3. The number of anilines is 1. The highest BCUT2D eigenvalue weighted by Crippen LogP contribution is 2.34. The number of benzene rings is 1. The summed E-state index contributed by atoms with van der Waals surface area (Å²) in [7, 11) is -2.03. The zero-order valence-corrected chi connectivity index (χ0v) is 18.1. The number of amidine groups is 1. The van der Waals surface area contributed by atoms with Gasteiger partial charge in [0, 0.05) is 25.7 Å². The van der Waals surface area contributed by atoms with Gasteiger partial charge in [0.2, 0.25) is 5.91 Å². The van der Waals surface area contributed by atoms with E-state index in [0.717, 1.165) is 30.7 Å². The van der Waals surface area contributed by atoms with Crippen molar-refractivity contribution in [2.75, 3.05) is 25.5 Å². The van der Waals surface area contributed by atoms with E-state index < -0.39 is 34.0 Å². The van der Waals surface area contributed by atoms with Gasteiger partial charge >= 0.3 is 6.03 Å². The van der Waals surface area contributed by atoms with Crippen LogP contribution in [-0.2, 0) is 19.6 Å². The van der Waals surface area contributed by atoms with Crippen LogP contribution in [0.25, 0.3) is 0 Å². The minimum atomic E-state index is -3.84. The molecule has 166 valence electrons. The van der Waals surface area contributed by atoms with E-state index in [-0.39, 0.29) is 10.8 Å². The minimum Gasteiger partial charge on any atom is -0.362 e. The second-order valence-corrected chi connectivity index (χ2v) is 9.80. The lowest BCUT2D eigenvalue weighted by molar-refractivity contribution is -0.133. The molecule has 2 saturated heterocycles. The van der Waals surface area contributed by atoms with Gasteiger partial charge in [-0.25, -0.2) is 4.79 Å². The average Bonchev–Trinajstić information content (AvgIpc) is 3.40. The Morgan fingerprint density at radius 1 is 1.16 bits per heavy atom. The first kappa shape index (κ1) is 21.3. The molecule has 1 aromatic rings. The summed E-state index contributed by atoms with van der Waals surface area (Å²) >= 11 is 0. The fraction of sp³-hybridized carbons (Fsp3) is 0.500. The lowest BCUT2D eigenvalue weighted by atomic mass is 9.98. The van der Waals surface area contributed by atoms with Gasteiger partial charge in [0.15, 0.2) is 0 Å². The normalized spacial score (nSPS) is 21.9. The van der Waals surface area contributed by atoms with Gasteiger partial charge in [-0.1, -0.05) is 12.8 Å². The van der Waals surface area contributed by atoms with Crippen LogP contribution in [-0.4, -0.2) is 67.6 Å². The van der Waals surface area contributed by atoms with E-state index in [2.05, 4.69) is 15.0 Å². The molecule has 0 unspecified atom stereocenters. The van der Waals surface area contributed by atoms with Crippen molar-refractivity contribution in [3.63, 3.8) is 0 Å². The predicted octanol–water partition coefficient (Wildman–Crippen LogP) is 1.30. The molecule has 3 fully saturated rings. The molecule has 11 heteroatoms. The molecule has 0 atom stereocenters. The first-order valence-corrected chi connectivity index (χ1v) is 11.7. The van der Waals surface area contributed by atoms with Gasteiger partial charge in [-0.05, 0) is 43.5 Å². The molecule has 2 N–H and O–H groups in total. The maximum atomic E-state index is 12.6. The number of urea groups is 1. The summed E-state index contributed by atoms with van der Waals surface area (Å²) in [6.45, 7) is 0.379. The van der Waals surface area contributed by atoms with E-state index >= 15 is 0 Å². The molecular formula is C20H25N5O5S. The molecule has 0 radical (unpaired) electrons. The summed E-state index contributed by atoms with van der Waals surface area (Å²) in [4.78, 5) is 40.0. The van der Waals surface area contributed by atoms with Crippen LogP contribution < -0.4 is 10.6 Å². The summed E-state index contributed by atoms with van der Waals surface area (Å²) in [5, 5.41) is 5.33. The quantitative estimate of drug-likeness (QED) is 0.655. The van der Waals surface area contributed by atoms with Crippen LogP contribution in [0.4, 0.5) is 10.5 Å². The van der Waals surface area contributed by atoms with Crippen LogP contribution in [0, 0.1) is 0 Å². The molecule has 0 bridgehead atoms. The van der Waals surface area contributed by atoms with Gasteiger partial charge in [-0.2, -0.15) is 8.42 Å². The van der Waals surface area contributed by atoms with E-state index in [9.17, 15) is 22.8 Å². The number of nitrogens with zero attached hydrogens (tertiary/aromatic N) is 3. The molecule has 1 spiro atoms. The van der Waals surface area contributed by atoms with Gasteiger partial charge in [0.1, 0.15) is 17.9 Å². The maximum absolute atomic E-state index is 12.6. The Kier molecular flexibility index (Phi) is 5.46. The second kappa shape index (κ2) is 7.95. The third-order valence-corrected chi connectivity index (χ3v) is 7.32. The van der Waals surface area contributed by atoms with Gasteiger partial charge in [-0.3, -0.25) is 14.5 Å².